The number of benzene rings is 1. The van der Waals surface area contributed by atoms with E-state index < -0.39 is 0 Å². The van der Waals surface area contributed by atoms with Crippen molar-refractivity contribution in [2.75, 3.05) is 24.7 Å². The Labute approximate surface area is 96.0 Å². The minimum atomic E-state index is 0. The Balaban J connectivity index is 0.00000196. The normalized spacial score (nSPS) is 9.20. The van der Waals surface area contributed by atoms with E-state index in [-0.39, 0.29) is 12.4 Å². The summed E-state index contributed by atoms with van der Waals surface area (Å²) in [5.74, 6) is 1.13. The second kappa shape index (κ2) is 6.24. The van der Waals surface area contributed by atoms with Crippen molar-refractivity contribution in [1.29, 1.82) is 0 Å². The van der Waals surface area contributed by atoms with Crippen LogP contribution in [0.5, 0.6) is 11.5 Å². The summed E-state index contributed by atoms with van der Waals surface area (Å²) in [5, 5.41) is 0. The molecule has 1 aromatic rings. The van der Waals surface area contributed by atoms with Crippen molar-refractivity contribution >= 4 is 23.8 Å². The van der Waals surface area contributed by atoms with Gasteiger partial charge in [0.2, 0.25) is 0 Å². The highest BCUT2D eigenvalue weighted by atomic mass is 35.5. The van der Waals surface area contributed by atoms with Crippen molar-refractivity contribution in [3.63, 3.8) is 0 Å². The number of hydrogen-bond acceptors (Lipinski definition) is 4. The number of rotatable bonds is 4. The van der Waals surface area contributed by atoms with Gasteiger partial charge in [-0.3, -0.25) is 0 Å². The van der Waals surface area contributed by atoms with Crippen LogP contribution in [0.3, 0.4) is 0 Å². The van der Waals surface area contributed by atoms with Gasteiger partial charge in [0.25, 0.3) is 0 Å². The Morgan fingerprint density at radius 1 is 1.07 bits per heavy atom. The summed E-state index contributed by atoms with van der Waals surface area (Å²) in [6.07, 6.45) is 0. The molecule has 0 saturated carbocycles. The molecule has 0 aliphatic carbocycles. The van der Waals surface area contributed by atoms with Gasteiger partial charge in [-0.15, -0.1) is 12.4 Å². The second-order valence-corrected chi connectivity index (χ2v) is 2.76. The predicted molar refractivity (Wildman–Crippen MR) is 64.9 cm³/mol. The first-order valence-corrected chi connectivity index (χ1v) is 4.64. The van der Waals surface area contributed by atoms with Gasteiger partial charge in [0, 0.05) is 0 Å². The van der Waals surface area contributed by atoms with Gasteiger partial charge in [-0.1, -0.05) is 0 Å². The van der Waals surface area contributed by atoms with Crippen molar-refractivity contribution in [1.82, 2.24) is 0 Å². The molecule has 0 amide bonds. The van der Waals surface area contributed by atoms with E-state index in [1.54, 1.807) is 12.1 Å². The minimum Gasteiger partial charge on any atom is -0.492 e. The molecule has 0 heterocycles. The molecule has 15 heavy (non-hydrogen) atoms. The number of ether oxygens (including phenoxy) is 2. The van der Waals surface area contributed by atoms with Crippen molar-refractivity contribution in [2.45, 2.75) is 13.8 Å². The first-order chi connectivity index (χ1) is 6.70. The van der Waals surface area contributed by atoms with E-state index >= 15 is 0 Å². The molecule has 4 N–H and O–H groups in total. The van der Waals surface area contributed by atoms with E-state index in [9.17, 15) is 0 Å². The molecule has 1 aromatic carbocycles. The van der Waals surface area contributed by atoms with Crippen molar-refractivity contribution < 1.29 is 9.47 Å². The monoisotopic (exact) mass is 232 g/mol. The Bertz CT molecular complexity index is 319. The summed E-state index contributed by atoms with van der Waals surface area (Å²) in [5.41, 5.74) is 12.5. The largest absolute Gasteiger partial charge is 0.492 e. The van der Waals surface area contributed by atoms with Crippen LogP contribution < -0.4 is 20.9 Å². The summed E-state index contributed by atoms with van der Waals surface area (Å²) < 4.78 is 10.6. The Morgan fingerprint density at radius 2 is 1.67 bits per heavy atom. The molecule has 1 rings (SSSR count). The van der Waals surface area contributed by atoms with Gasteiger partial charge in [-0.05, 0) is 26.0 Å². The van der Waals surface area contributed by atoms with Crippen molar-refractivity contribution in [3.8, 4) is 11.5 Å². The highest BCUT2D eigenvalue weighted by Gasteiger charge is 2.10. The zero-order chi connectivity index (χ0) is 10.6. The smallest absolute Gasteiger partial charge is 0.168 e. The third-order valence-electron chi connectivity index (χ3n) is 1.78. The van der Waals surface area contributed by atoms with E-state index in [2.05, 4.69) is 0 Å². The van der Waals surface area contributed by atoms with Crippen molar-refractivity contribution in [3.05, 3.63) is 12.1 Å². The molecule has 0 atom stereocenters. The van der Waals surface area contributed by atoms with Crippen LogP contribution in [0.25, 0.3) is 0 Å². The highest BCUT2D eigenvalue weighted by molar-refractivity contribution is 5.85. The maximum Gasteiger partial charge on any atom is 0.168 e. The molecule has 0 aromatic heterocycles. The summed E-state index contributed by atoms with van der Waals surface area (Å²) in [7, 11) is 0. The van der Waals surface area contributed by atoms with Crippen LogP contribution >= 0.6 is 12.4 Å². The second-order valence-electron chi connectivity index (χ2n) is 2.76. The van der Waals surface area contributed by atoms with Gasteiger partial charge in [0.15, 0.2) is 5.75 Å². The summed E-state index contributed by atoms with van der Waals surface area (Å²) in [6.45, 7) is 4.88. The van der Waals surface area contributed by atoms with Crippen LogP contribution in [0, 0.1) is 0 Å². The number of halogens is 1. The lowest BCUT2D eigenvalue weighted by Crippen LogP contribution is -2.04. The van der Waals surface area contributed by atoms with E-state index in [1.165, 1.54) is 0 Å². The Hall–Kier alpha value is -1.29. The lowest BCUT2D eigenvalue weighted by Gasteiger charge is -2.13. The van der Waals surface area contributed by atoms with E-state index in [4.69, 9.17) is 20.9 Å². The molecule has 5 heteroatoms. The molecule has 0 aliphatic rings. The fourth-order valence-electron chi connectivity index (χ4n) is 1.19. The predicted octanol–water partition coefficient (Wildman–Crippen LogP) is 2.07. The Kier molecular flexibility index (Phi) is 5.70. The summed E-state index contributed by atoms with van der Waals surface area (Å²) in [4.78, 5) is 0. The molecule has 4 nitrogen and oxygen atoms in total. The van der Waals surface area contributed by atoms with Crippen LogP contribution in [-0.4, -0.2) is 13.2 Å². The number of nitrogens with two attached hydrogens (primary N) is 2. The minimum absolute atomic E-state index is 0. The standard InChI is InChI=1S/C10H16N2O2.ClH/c1-3-13-8-6-5-7(11)10(9(8)12)14-4-2;/h5-6H,3-4,11-12H2,1-2H3;1H. The van der Waals surface area contributed by atoms with Gasteiger partial charge < -0.3 is 20.9 Å². The maximum absolute atomic E-state index is 5.83. The number of anilines is 2. The number of nitrogen functional groups attached to an aromatic ring is 2. The van der Waals surface area contributed by atoms with Crippen molar-refractivity contribution in [2.24, 2.45) is 0 Å². The van der Waals surface area contributed by atoms with Gasteiger partial charge in [-0.2, -0.15) is 0 Å². The van der Waals surface area contributed by atoms with Crippen LogP contribution in [-0.2, 0) is 0 Å². The topological polar surface area (TPSA) is 70.5 Å². The summed E-state index contributed by atoms with van der Waals surface area (Å²) in [6, 6.07) is 3.48. The first kappa shape index (κ1) is 13.7. The average molecular weight is 233 g/mol. The van der Waals surface area contributed by atoms with Gasteiger partial charge >= 0.3 is 0 Å². The molecule has 0 spiro atoms. The molecule has 0 radical (unpaired) electrons. The van der Waals surface area contributed by atoms with Gasteiger partial charge in [-0.25, -0.2) is 0 Å². The zero-order valence-electron chi connectivity index (χ0n) is 8.95. The first-order valence-electron chi connectivity index (χ1n) is 4.64. The highest BCUT2D eigenvalue weighted by Crippen LogP contribution is 2.36. The molecular formula is C10H17ClN2O2. The molecule has 86 valence electrons. The molecular weight excluding hydrogens is 216 g/mol. The zero-order valence-corrected chi connectivity index (χ0v) is 9.76. The third kappa shape index (κ3) is 3.09. The average Bonchev–Trinajstić information content (AvgIpc) is 2.17. The van der Waals surface area contributed by atoms with Crippen LogP contribution in [0.4, 0.5) is 11.4 Å². The number of hydrogen-bond donors (Lipinski definition) is 2. The van der Waals surface area contributed by atoms with Crippen LogP contribution in [0.1, 0.15) is 13.8 Å². The van der Waals surface area contributed by atoms with Gasteiger partial charge in [0.1, 0.15) is 11.4 Å². The maximum atomic E-state index is 5.83. The Morgan fingerprint density at radius 3 is 2.20 bits per heavy atom. The molecule has 0 fully saturated rings. The molecule has 0 unspecified atom stereocenters. The van der Waals surface area contributed by atoms with Crippen LogP contribution in [0.15, 0.2) is 12.1 Å². The lowest BCUT2D eigenvalue weighted by atomic mass is 10.2. The summed E-state index contributed by atoms with van der Waals surface area (Å²) >= 11 is 0. The third-order valence-corrected chi connectivity index (χ3v) is 1.78. The molecule has 0 saturated heterocycles. The van der Waals surface area contributed by atoms with Gasteiger partial charge in [0.05, 0.1) is 18.9 Å². The van der Waals surface area contributed by atoms with Crippen LogP contribution in [0.2, 0.25) is 0 Å². The fourth-order valence-corrected chi connectivity index (χ4v) is 1.19. The van der Waals surface area contributed by atoms with E-state index in [1.807, 2.05) is 13.8 Å². The van der Waals surface area contributed by atoms with E-state index in [0.29, 0.717) is 36.1 Å². The lowest BCUT2D eigenvalue weighted by molar-refractivity contribution is 0.327. The molecule has 0 bridgehead atoms. The SMILES string of the molecule is CCOc1ccc(N)c(OCC)c1N.Cl. The van der Waals surface area contributed by atoms with E-state index in [0.717, 1.165) is 0 Å². The molecule has 0 aliphatic heterocycles. The fraction of sp³-hybridized carbons (Fsp3) is 0.400. The quantitative estimate of drug-likeness (QED) is 0.780.